The number of aromatic hydroxyl groups is 2. The molecule has 0 amide bonds. The van der Waals surface area contributed by atoms with Gasteiger partial charge in [0.1, 0.15) is 23.0 Å². The molecular formula is C36H42O4. The number of hydrogen-bond donors (Lipinski definition) is 2. The van der Waals surface area contributed by atoms with E-state index in [-0.39, 0.29) is 11.5 Å². The predicted molar refractivity (Wildman–Crippen MR) is 156 cm³/mol. The van der Waals surface area contributed by atoms with Gasteiger partial charge in [-0.1, -0.05) is 24.3 Å². The Labute approximate surface area is 238 Å². The average Bonchev–Trinajstić information content (AvgIpc) is 2.91. The molecule has 0 saturated heterocycles. The fourth-order valence-electron chi connectivity index (χ4n) is 10.4. The molecule has 4 heteroatoms. The third kappa shape index (κ3) is 4.33. The van der Waals surface area contributed by atoms with E-state index in [2.05, 4.69) is 12.1 Å². The molecule has 4 nitrogen and oxygen atoms in total. The number of phenolic OH excluding ortho intramolecular Hbond substituents is 2. The average molecular weight is 539 g/mol. The zero-order valence-electron chi connectivity index (χ0n) is 23.6. The zero-order chi connectivity index (χ0) is 27.0. The molecule has 2 aromatic carbocycles. The van der Waals surface area contributed by atoms with E-state index in [0.717, 1.165) is 46.3 Å². The number of rotatable bonds is 6. The van der Waals surface area contributed by atoms with Crippen LogP contribution in [0.25, 0.3) is 11.5 Å². The Morgan fingerprint density at radius 2 is 0.925 bits per heavy atom. The molecule has 8 aliphatic carbocycles. The maximum Gasteiger partial charge on any atom is 0.238 e. The molecule has 0 spiro atoms. The van der Waals surface area contributed by atoms with Crippen molar-refractivity contribution in [2.45, 2.75) is 77.4 Å². The van der Waals surface area contributed by atoms with Gasteiger partial charge < -0.3 is 19.7 Å². The van der Waals surface area contributed by atoms with E-state index in [0.29, 0.717) is 23.7 Å². The minimum absolute atomic E-state index is 0.271. The fraction of sp³-hybridized carbons (Fsp3) is 0.556. The summed E-state index contributed by atoms with van der Waals surface area (Å²) in [5, 5.41) is 20.8. The Morgan fingerprint density at radius 1 is 0.575 bits per heavy atom. The summed E-state index contributed by atoms with van der Waals surface area (Å²) in [5.74, 6) is 8.18. The molecule has 0 unspecified atom stereocenters. The van der Waals surface area contributed by atoms with Gasteiger partial charge >= 0.3 is 0 Å². The van der Waals surface area contributed by atoms with Crippen LogP contribution in [0.4, 0.5) is 0 Å². The molecule has 2 aromatic rings. The molecule has 0 aliphatic heterocycles. The number of hydrogen-bond acceptors (Lipinski definition) is 4. The molecule has 210 valence electrons. The lowest BCUT2D eigenvalue weighted by molar-refractivity contribution is -0.0301. The number of benzene rings is 2. The van der Waals surface area contributed by atoms with Crippen molar-refractivity contribution in [1.82, 2.24) is 0 Å². The number of allylic oxidation sites excluding steroid dienone is 2. The molecule has 0 aromatic heterocycles. The van der Waals surface area contributed by atoms with Crippen LogP contribution in [0.1, 0.15) is 82.3 Å². The second-order valence-corrected chi connectivity index (χ2v) is 14.1. The van der Waals surface area contributed by atoms with E-state index in [4.69, 9.17) is 9.47 Å². The fourth-order valence-corrected chi connectivity index (χ4v) is 10.4. The first-order valence-electron chi connectivity index (χ1n) is 15.9. The summed E-state index contributed by atoms with van der Waals surface area (Å²) in [7, 11) is 0. The van der Waals surface area contributed by atoms with Crippen LogP contribution in [-0.2, 0) is 9.47 Å². The Hall–Kier alpha value is -2.88. The molecule has 0 heterocycles. The summed E-state index contributed by atoms with van der Waals surface area (Å²) >= 11 is 0. The molecular weight excluding hydrogens is 496 g/mol. The Morgan fingerprint density at radius 3 is 1.25 bits per heavy atom. The third-order valence-electron chi connectivity index (χ3n) is 11.3. The normalized spacial score (nSPS) is 35.6. The standard InChI is InChI=1S/C36H42O4/c1-20(39-35(25-4-2-6-31(37)18-25)33-27-10-21-8-22(12-27)13-28(33)11-21)40-36(26-5-3-7-32(38)19-26)34-29-14-23-9-24(16-29)17-30(34)15-23/h2-7,18-24,27-30,37-38H,8-17H2,1H3. The van der Waals surface area contributed by atoms with Crippen LogP contribution < -0.4 is 0 Å². The molecule has 0 atom stereocenters. The molecule has 40 heavy (non-hydrogen) atoms. The van der Waals surface area contributed by atoms with Crippen molar-refractivity contribution in [3.05, 3.63) is 70.8 Å². The van der Waals surface area contributed by atoms with E-state index in [9.17, 15) is 10.2 Å². The summed E-state index contributed by atoms with van der Waals surface area (Å²) in [5.41, 5.74) is 4.85. The van der Waals surface area contributed by atoms with Gasteiger partial charge in [-0.2, -0.15) is 0 Å². The number of ether oxygens (including phenoxy) is 2. The lowest BCUT2D eigenvalue weighted by Crippen LogP contribution is -2.41. The van der Waals surface area contributed by atoms with Crippen molar-refractivity contribution in [3.63, 3.8) is 0 Å². The highest BCUT2D eigenvalue weighted by molar-refractivity contribution is 5.68. The minimum atomic E-state index is -0.496. The second kappa shape index (κ2) is 9.60. The quantitative estimate of drug-likeness (QED) is 0.286. The van der Waals surface area contributed by atoms with E-state index in [1.54, 1.807) is 12.1 Å². The summed E-state index contributed by atoms with van der Waals surface area (Å²) in [6.07, 6.45) is 12.5. The highest BCUT2D eigenvalue weighted by Gasteiger charge is 2.48. The monoisotopic (exact) mass is 538 g/mol. The highest BCUT2D eigenvalue weighted by atomic mass is 16.7. The Bertz CT molecular complexity index is 1200. The van der Waals surface area contributed by atoms with E-state index in [1.807, 2.05) is 31.2 Å². The minimum Gasteiger partial charge on any atom is -0.508 e. The first kappa shape index (κ1) is 24.9. The predicted octanol–water partition coefficient (Wildman–Crippen LogP) is 8.51. The van der Waals surface area contributed by atoms with E-state index in [1.165, 1.54) is 75.4 Å². The van der Waals surface area contributed by atoms with Crippen LogP contribution in [0.15, 0.2) is 59.7 Å². The number of phenols is 2. The van der Waals surface area contributed by atoms with Gasteiger partial charge in [0.05, 0.1) is 0 Å². The van der Waals surface area contributed by atoms with Crippen molar-refractivity contribution in [1.29, 1.82) is 0 Å². The first-order chi connectivity index (χ1) is 19.5. The van der Waals surface area contributed by atoms with E-state index >= 15 is 0 Å². The van der Waals surface area contributed by atoms with E-state index < -0.39 is 6.29 Å². The van der Waals surface area contributed by atoms with Crippen LogP contribution in [0.5, 0.6) is 11.5 Å². The third-order valence-corrected chi connectivity index (χ3v) is 11.3. The molecule has 8 aliphatic rings. The van der Waals surface area contributed by atoms with Gasteiger partial charge in [0.15, 0.2) is 0 Å². The van der Waals surface area contributed by atoms with Gasteiger partial charge in [0, 0.05) is 18.1 Å². The lowest BCUT2D eigenvalue weighted by Gasteiger charge is -2.52. The summed E-state index contributed by atoms with van der Waals surface area (Å²) in [6, 6.07) is 15.2. The van der Waals surface area contributed by atoms with Crippen molar-refractivity contribution in [3.8, 4) is 11.5 Å². The topological polar surface area (TPSA) is 58.9 Å². The maximum atomic E-state index is 10.4. The van der Waals surface area contributed by atoms with Crippen LogP contribution in [0.2, 0.25) is 0 Å². The van der Waals surface area contributed by atoms with Gasteiger partial charge in [0.2, 0.25) is 6.29 Å². The van der Waals surface area contributed by atoms with Crippen molar-refractivity contribution in [2.75, 3.05) is 0 Å². The molecule has 0 radical (unpaired) electrons. The van der Waals surface area contributed by atoms with Gasteiger partial charge in [0.25, 0.3) is 0 Å². The molecule has 8 saturated carbocycles. The van der Waals surface area contributed by atoms with Crippen molar-refractivity contribution < 1.29 is 19.7 Å². The Kier molecular flexibility index (Phi) is 5.97. The van der Waals surface area contributed by atoms with Crippen molar-refractivity contribution >= 4 is 11.5 Å². The van der Waals surface area contributed by atoms with Gasteiger partial charge in [-0.15, -0.1) is 0 Å². The van der Waals surface area contributed by atoms with Crippen LogP contribution >= 0.6 is 0 Å². The molecule has 2 N–H and O–H groups in total. The molecule has 8 fully saturated rings. The lowest BCUT2D eigenvalue weighted by atomic mass is 9.54. The SMILES string of the molecule is CC(OC(=C1C2CC3CC(C2)CC1C3)c1cccc(O)c1)OC(=C1C2CC3CC(C2)CC1C3)c1cccc(O)c1. The molecule has 10 rings (SSSR count). The largest absolute Gasteiger partial charge is 0.508 e. The Balaban J connectivity index is 1.17. The molecule has 8 bridgehead atoms. The highest BCUT2D eigenvalue weighted by Crippen LogP contribution is 2.59. The van der Waals surface area contributed by atoms with Gasteiger partial charge in [-0.3, -0.25) is 0 Å². The maximum absolute atomic E-state index is 10.4. The summed E-state index contributed by atoms with van der Waals surface area (Å²) in [4.78, 5) is 0. The summed E-state index contributed by atoms with van der Waals surface area (Å²) in [6.45, 7) is 2.03. The first-order valence-corrected chi connectivity index (χ1v) is 15.9. The second-order valence-electron chi connectivity index (χ2n) is 14.1. The van der Waals surface area contributed by atoms with Crippen LogP contribution in [0, 0.1) is 47.3 Å². The zero-order valence-corrected chi connectivity index (χ0v) is 23.6. The van der Waals surface area contributed by atoms with Crippen LogP contribution in [0.3, 0.4) is 0 Å². The smallest absolute Gasteiger partial charge is 0.238 e. The van der Waals surface area contributed by atoms with Gasteiger partial charge in [-0.25, -0.2) is 0 Å². The van der Waals surface area contributed by atoms with Crippen molar-refractivity contribution in [2.24, 2.45) is 47.3 Å². The van der Waals surface area contributed by atoms with Gasteiger partial charge in [-0.05, 0) is 147 Å². The summed E-state index contributed by atoms with van der Waals surface area (Å²) < 4.78 is 13.8. The van der Waals surface area contributed by atoms with Crippen LogP contribution in [-0.4, -0.2) is 16.5 Å².